The van der Waals surface area contributed by atoms with Crippen molar-refractivity contribution in [2.45, 2.75) is 45.1 Å². The standard InChI is InChI=1S/C12H24N2/c1-11(9-13-10-12-5-6-12)14-7-3-2-4-8-14/h11-13H,2-10H2,1H3. The van der Waals surface area contributed by atoms with Crippen LogP contribution in [0.25, 0.3) is 0 Å². The first-order valence-corrected chi connectivity index (χ1v) is 6.31. The van der Waals surface area contributed by atoms with Crippen LogP contribution >= 0.6 is 0 Å². The van der Waals surface area contributed by atoms with Crippen LogP contribution in [-0.4, -0.2) is 37.1 Å². The molecule has 1 saturated carbocycles. The lowest BCUT2D eigenvalue weighted by Gasteiger charge is -2.32. The fourth-order valence-corrected chi connectivity index (χ4v) is 2.31. The quantitative estimate of drug-likeness (QED) is 0.722. The molecule has 14 heavy (non-hydrogen) atoms. The molecule has 2 fully saturated rings. The molecule has 2 rings (SSSR count). The van der Waals surface area contributed by atoms with Crippen molar-refractivity contribution in [2.24, 2.45) is 5.92 Å². The van der Waals surface area contributed by atoms with Crippen LogP contribution in [0.1, 0.15) is 39.0 Å². The summed E-state index contributed by atoms with van der Waals surface area (Å²) < 4.78 is 0. The molecule has 0 aromatic heterocycles. The monoisotopic (exact) mass is 196 g/mol. The van der Waals surface area contributed by atoms with Crippen molar-refractivity contribution in [1.82, 2.24) is 10.2 Å². The maximum atomic E-state index is 3.60. The molecule has 82 valence electrons. The van der Waals surface area contributed by atoms with Crippen molar-refractivity contribution in [1.29, 1.82) is 0 Å². The highest BCUT2D eigenvalue weighted by Gasteiger charge is 2.21. The number of hydrogen-bond acceptors (Lipinski definition) is 2. The highest BCUT2D eigenvalue weighted by Crippen LogP contribution is 2.27. The number of rotatable bonds is 5. The van der Waals surface area contributed by atoms with E-state index in [9.17, 15) is 0 Å². The van der Waals surface area contributed by atoms with Gasteiger partial charge in [0.05, 0.1) is 0 Å². The minimum Gasteiger partial charge on any atom is -0.315 e. The minimum absolute atomic E-state index is 0.744. The molecule has 1 aliphatic heterocycles. The van der Waals surface area contributed by atoms with E-state index in [-0.39, 0.29) is 0 Å². The predicted octanol–water partition coefficient (Wildman–Crippen LogP) is 1.86. The Hall–Kier alpha value is -0.0800. The van der Waals surface area contributed by atoms with Gasteiger partial charge in [-0.25, -0.2) is 0 Å². The smallest absolute Gasteiger partial charge is 0.0192 e. The summed E-state index contributed by atoms with van der Waals surface area (Å²) in [5, 5.41) is 3.60. The summed E-state index contributed by atoms with van der Waals surface area (Å²) >= 11 is 0. The maximum Gasteiger partial charge on any atom is 0.0192 e. The molecule has 1 unspecified atom stereocenters. The van der Waals surface area contributed by atoms with Gasteiger partial charge in [0, 0.05) is 12.6 Å². The molecule has 0 radical (unpaired) electrons. The van der Waals surface area contributed by atoms with E-state index in [1.807, 2.05) is 0 Å². The topological polar surface area (TPSA) is 15.3 Å². The van der Waals surface area contributed by atoms with Crippen molar-refractivity contribution in [2.75, 3.05) is 26.2 Å². The molecule has 0 aromatic rings. The van der Waals surface area contributed by atoms with Crippen molar-refractivity contribution in [3.63, 3.8) is 0 Å². The van der Waals surface area contributed by atoms with Crippen molar-refractivity contribution < 1.29 is 0 Å². The third-order valence-electron chi connectivity index (χ3n) is 3.58. The fraction of sp³-hybridized carbons (Fsp3) is 1.00. The second-order valence-corrected chi connectivity index (χ2v) is 5.05. The molecule has 2 aliphatic rings. The van der Waals surface area contributed by atoms with E-state index in [1.54, 1.807) is 0 Å². The van der Waals surface area contributed by atoms with Gasteiger partial charge in [-0.2, -0.15) is 0 Å². The minimum atomic E-state index is 0.744. The number of piperidine rings is 1. The molecule has 0 bridgehead atoms. The Bertz CT molecular complexity index is 160. The molecular formula is C12H24N2. The number of nitrogens with zero attached hydrogens (tertiary/aromatic N) is 1. The van der Waals surface area contributed by atoms with E-state index < -0.39 is 0 Å². The Labute approximate surface area is 88.1 Å². The zero-order chi connectivity index (χ0) is 9.80. The van der Waals surface area contributed by atoms with Gasteiger partial charge >= 0.3 is 0 Å². The first kappa shape index (κ1) is 10.4. The fourth-order valence-electron chi connectivity index (χ4n) is 2.31. The second-order valence-electron chi connectivity index (χ2n) is 5.05. The van der Waals surface area contributed by atoms with Gasteiger partial charge in [0.15, 0.2) is 0 Å². The Morgan fingerprint density at radius 2 is 1.93 bits per heavy atom. The van der Waals surface area contributed by atoms with Gasteiger partial charge in [-0.1, -0.05) is 6.42 Å². The van der Waals surface area contributed by atoms with Gasteiger partial charge in [-0.3, -0.25) is 4.90 Å². The highest BCUT2D eigenvalue weighted by molar-refractivity contribution is 4.78. The summed E-state index contributed by atoms with van der Waals surface area (Å²) in [5.41, 5.74) is 0. The average molecular weight is 196 g/mol. The zero-order valence-corrected chi connectivity index (χ0v) is 9.47. The highest BCUT2D eigenvalue weighted by atomic mass is 15.2. The molecule has 1 aliphatic carbocycles. The van der Waals surface area contributed by atoms with Crippen molar-refractivity contribution in [3.8, 4) is 0 Å². The summed E-state index contributed by atoms with van der Waals surface area (Å²) in [6.45, 7) is 7.47. The Morgan fingerprint density at radius 1 is 1.21 bits per heavy atom. The molecule has 0 amide bonds. The zero-order valence-electron chi connectivity index (χ0n) is 9.47. The van der Waals surface area contributed by atoms with Crippen LogP contribution in [0.15, 0.2) is 0 Å². The molecule has 1 atom stereocenters. The lowest BCUT2D eigenvalue weighted by atomic mass is 10.1. The van der Waals surface area contributed by atoms with E-state index >= 15 is 0 Å². The summed E-state index contributed by atoms with van der Waals surface area (Å²) in [5.74, 6) is 1.02. The lowest BCUT2D eigenvalue weighted by molar-refractivity contribution is 0.171. The first-order valence-electron chi connectivity index (χ1n) is 6.31. The van der Waals surface area contributed by atoms with Crippen LogP contribution in [0.5, 0.6) is 0 Å². The molecule has 1 N–H and O–H groups in total. The molecule has 2 heteroatoms. The Morgan fingerprint density at radius 3 is 2.57 bits per heavy atom. The SMILES string of the molecule is CC(CNCC1CC1)N1CCCCC1. The predicted molar refractivity (Wildman–Crippen MR) is 60.5 cm³/mol. The van der Waals surface area contributed by atoms with Gasteiger partial charge in [-0.15, -0.1) is 0 Å². The van der Waals surface area contributed by atoms with Gasteiger partial charge in [-0.05, 0) is 58.2 Å². The largest absolute Gasteiger partial charge is 0.315 e. The molecule has 2 nitrogen and oxygen atoms in total. The third kappa shape index (κ3) is 3.25. The van der Waals surface area contributed by atoms with E-state index in [0.717, 1.165) is 12.0 Å². The number of hydrogen-bond donors (Lipinski definition) is 1. The Kier molecular flexibility index (Phi) is 3.82. The molecule has 1 heterocycles. The van der Waals surface area contributed by atoms with Gasteiger partial charge in [0.1, 0.15) is 0 Å². The van der Waals surface area contributed by atoms with Gasteiger partial charge in [0.25, 0.3) is 0 Å². The molecular weight excluding hydrogens is 172 g/mol. The summed E-state index contributed by atoms with van der Waals surface area (Å²) in [7, 11) is 0. The summed E-state index contributed by atoms with van der Waals surface area (Å²) in [6, 6.07) is 0.744. The van der Waals surface area contributed by atoms with Crippen LogP contribution in [0, 0.1) is 5.92 Å². The third-order valence-corrected chi connectivity index (χ3v) is 3.58. The van der Waals surface area contributed by atoms with Gasteiger partial charge in [0.2, 0.25) is 0 Å². The Balaban J connectivity index is 1.57. The van der Waals surface area contributed by atoms with Gasteiger partial charge < -0.3 is 5.32 Å². The van der Waals surface area contributed by atoms with E-state index in [0.29, 0.717) is 0 Å². The lowest BCUT2D eigenvalue weighted by Crippen LogP contribution is -2.43. The number of nitrogens with one attached hydrogen (secondary N) is 1. The second kappa shape index (κ2) is 5.13. The normalized spacial score (nSPS) is 26.4. The van der Waals surface area contributed by atoms with Crippen LogP contribution in [0.2, 0.25) is 0 Å². The summed E-state index contributed by atoms with van der Waals surface area (Å²) in [4.78, 5) is 2.64. The van der Waals surface area contributed by atoms with Crippen LogP contribution in [0.4, 0.5) is 0 Å². The van der Waals surface area contributed by atoms with E-state index in [1.165, 1.54) is 58.3 Å². The first-order chi connectivity index (χ1) is 6.86. The molecule has 0 spiro atoms. The maximum absolute atomic E-state index is 3.60. The van der Waals surface area contributed by atoms with E-state index in [2.05, 4.69) is 17.1 Å². The molecule has 0 aromatic carbocycles. The molecule has 1 saturated heterocycles. The van der Waals surface area contributed by atoms with Crippen molar-refractivity contribution >= 4 is 0 Å². The van der Waals surface area contributed by atoms with Crippen LogP contribution in [0.3, 0.4) is 0 Å². The van der Waals surface area contributed by atoms with E-state index in [4.69, 9.17) is 0 Å². The van der Waals surface area contributed by atoms with Crippen LogP contribution in [-0.2, 0) is 0 Å². The number of likely N-dealkylation sites (tertiary alicyclic amines) is 1. The average Bonchev–Trinajstić information content (AvgIpc) is 3.03. The summed E-state index contributed by atoms with van der Waals surface area (Å²) in [6.07, 6.45) is 7.19. The van der Waals surface area contributed by atoms with Crippen LogP contribution < -0.4 is 5.32 Å². The van der Waals surface area contributed by atoms with Crippen molar-refractivity contribution in [3.05, 3.63) is 0 Å².